The molecule has 1 unspecified atom stereocenters. The molecule has 21 heavy (non-hydrogen) atoms. The van der Waals surface area contributed by atoms with E-state index in [-0.39, 0.29) is 18.0 Å². The molecule has 1 atom stereocenters. The summed E-state index contributed by atoms with van der Waals surface area (Å²) in [6.45, 7) is 2.20. The number of rotatable bonds is 4. The molecular formula is C14H19N5O2. The Labute approximate surface area is 123 Å². The molecule has 1 aromatic rings. The highest BCUT2D eigenvalue weighted by molar-refractivity contribution is 6.07. The normalized spacial score (nSPS) is 17.8. The zero-order valence-electron chi connectivity index (χ0n) is 12.3. The second kappa shape index (κ2) is 6.36. The molecule has 0 saturated carbocycles. The van der Waals surface area contributed by atoms with Gasteiger partial charge in [0.1, 0.15) is 0 Å². The summed E-state index contributed by atoms with van der Waals surface area (Å²) < 4.78 is 0. The van der Waals surface area contributed by atoms with Gasteiger partial charge >= 0.3 is 6.03 Å². The lowest BCUT2D eigenvalue weighted by atomic mass is 10.0. The Kier molecular flexibility index (Phi) is 4.54. The second-order valence-corrected chi connectivity index (χ2v) is 5.17. The molecule has 0 spiro atoms. The van der Waals surface area contributed by atoms with E-state index in [9.17, 15) is 9.59 Å². The van der Waals surface area contributed by atoms with Gasteiger partial charge < -0.3 is 15.5 Å². The number of hydrogen-bond acceptors (Lipinski definition) is 4. The molecule has 7 heteroatoms. The van der Waals surface area contributed by atoms with Gasteiger partial charge in [-0.25, -0.2) is 10.2 Å². The molecule has 0 aromatic heterocycles. The monoisotopic (exact) mass is 289 g/mol. The third kappa shape index (κ3) is 4.03. The first-order valence-electron chi connectivity index (χ1n) is 6.65. The number of nitrogens with one attached hydrogen (secondary N) is 3. The first-order chi connectivity index (χ1) is 9.95. The van der Waals surface area contributed by atoms with E-state index in [2.05, 4.69) is 21.2 Å². The fraction of sp³-hybridized carbons (Fsp3) is 0.357. The Bertz CT molecular complexity index is 565. The maximum Gasteiger partial charge on any atom is 0.335 e. The summed E-state index contributed by atoms with van der Waals surface area (Å²) in [5.41, 5.74) is 4.76. The van der Waals surface area contributed by atoms with E-state index >= 15 is 0 Å². The van der Waals surface area contributed by atoms with Crippen LogP contribution in [0.3, 0.4) is 0 Å². The minimum absolute atomic E-state index is 0.0648. The van der Waals surface area contributed by atoms with Gasteiger partial charge in [-0.05, 0) is 33.2 Å². The van der Waals surface area contributed by atoms with Gasteiger partial charge in [-0.3, -0.25) is 4.79 Å². The smallest absolute Gasteiger partial charge is 0.328 e. The number of urea groups is 1. The van der Waals surface area contributed by atoms with Crippen LogP contribution in [0.15, 0.2) is 29.4 Å². The number of amides is 3. The van der Waals surface area contributed by atoms with Gasteiger partial charge in [0.25, 0.3) is 0 Å². The fourth-order valence-corrected chi connectivity index (χ4v) is 2.03. The first kappa shape index (κ1) is 15.0. The van der Waals surface area contributed by atoms with Gasteiger partial charge in [-0.2, -0.15) is 5.10 Å². The van der Waals surface area contributed by atoms with Crippen molar-refractivity contribution < 1.29 is 9.59 Å². The highest BCUT2D eigenvalue weighted by Crippen LogP contribution is 2.13. The van der Waals surface area contributed by atoms with Crippen molar-refractivity contribution in [2.24, 2.45) is 5.10 Å². The molecule has 0 saturated heterocycles. The molecule has 3 amide bonds. The van der Waals surface area contributed by atoms with E-state index in [0.717, 1.165) is 17.0 Å². The summed E-state index contributed by atoms with van der Waals surface area (Å²) in [6, 6.07) is 6.88. The number of hydrogen-bond donors (Lipinski definition) is 3. The van der Waals surface area contributed by atoms with E-state index in [4.69, 9.17) is 0 Å². The molecule has 1 aromatic carbocycles. The Morgan fingerprint density at radius 1 is 1.33 bits per heavy atom. The topological polar surface area (TPSA) is 85.8 Å². The van der Waals surface area contributed by atoms with Gasteiger partial charge in [0.15, 0.2) is 0 Å². The predicted octanol–water partition coefficient (Wildman–Crippen LogP) is 0.592. The molecule has 7 nitrogen and oxygen atoms in total. The lowest BCUT2D eigenvalue weighted by Gasteiger charge is -2.21. The summed E-state index contributed by atoms with van der Waals surface area (Å²) in [4.78, 5) is 24.6. The van der Waals surface area contributed by atoms with Gasteiger partial charge in [0.2, 0.25) is 5.91 Å². The molecule has 0 bridgehead atoms. The minimum atomic E-state index is -0.307. The Morgan fingerprint density at radius 2 is 2.00 bits per heavy atom. The van der Waals surface area contributed by atoms with Crippen LogP contribution in [0.25, 0.3) is 0 Å². The van der Waals surface area contributed by atoms with Crippen LogP contribution in [-0.2, 0) is 4.79 Å². The highest BCUT2D eigenvalue weighted by atomic mass is 16.2. The zero-order valence-corrected chi connectivity index (χ0v) is 12.3. The van der Waals surface area contributed by atoms with Crippen molar-refractivity contribution in [3.05, 3.63) is 29.8 Å². The SMILES string of the molecule is CC1NC(=O)NN=C1c1ccc(NC(=O)CN(C)C)cc1. The van der Waals surface area contributed by atoms with Gasteiger partial charge in [0.05, 0.1) is 18.3 Å². The van der Waals surface area contributed by atoms with Crippen LogP contribution < -0.4 is 16.1 Å². The van der Waals surface area contributed by atoms with E-state index in [1.807, 2.05) is 45.3 Å². The van der Waals surface area contributed by atoms with Crippen molar-refractivity contribution in [3.8, 4) is 0 Å². The number of likely N-dealkylation sites (N-methyl/N-ethyl adjacent to an activating group) is 1. The van der Waals surface area contributed by atoms with Crippen LogP contribution in [0.5, 0.6) is 0 Å². The van der Waals surface area contributed by atoms with Gasteiger partial charge in [-0.1, -0.05) is 12.1 Å². The molecule has 1 aliphatic rings. The van der Waals surface area contributed by atoms with Crippen molar-refractivity contribution in [1.29, 1.82) is 0 Å². The van der Waals surface area contributed by atoms with E-state index < -0.39 is 0 Å². The Morgan fingerprint density at radius 3 is 2.57 bits per heavy atom. The lowest BCUT2D eigenvalue weighted by molar-refractivity contribution is -0.116. The average Bonchev–Trinajstić information content (AvgIpc) is 2.39. The first-order valence-corrected chi connectivity index (χ1v) is 6.65. The van der Waals surface area contributed by atoms with Crippen LogP contribution in [0.4, 0.5) is 10.5 Å². The molecule has 2 rings (SSSR count). The summed E-state index contributed by atoms with van der Waals surface area (Å²) in [7, 11) is 3.68. The largest absolute Gasteiger partial charge is 0.335 e. The quantitative estimate of drug-likeness (QED) is 0.758. The van der Waals surface area contributed by atoms with Crippen molar-refractivity contribution in [1.82, 2.24) is 15.6 Å². The minimum Gasteiger partial charge on any atom is -0.328 e. The molecular weight excluding hydrogens is 270 g/mol. The Balaban J connectivity index is 2.05. The number of benzene rings is 1. The third-order valence-electron chi connectivity index (χ3n) is 2.96. The summed E-state index contributed by atoms with van der Waals surface area (Å²) in [6.07, 6.45) is 0. The molecule has 1 aliphatic heterocycles. The number of carbonyl (C=O) groups is 2. The standard InChI is InChI=1S/C14H19N5O2/c1-9-13(17-18-14(21)15-9)10-4-6-11(7-5-10)16-12(20)8-19(2)3/h4-7,9H,8H2,1-3H3,(H,16,20)(H2,15,18,21). The van der Waals surface area contributed by atoms with Crippen molar-refractivity contribution >= 4 is 23.3 Å². The molecule has 3 N–H and O–H groups in total. The molecule has 112 valence electrons. The van der Waals surface area contributed by atoms with E-state index in [0.29, 0.717) is 6.54 Å². The van der Waals surface area contributed by atoms with Crippen molar-refractivity contribution in [3.63, 3.8) is 0 Å². The number of anilines is 1. The van der Waals surface area contributed by atoms with Crippen LogP contribution in [0, 0.1) is 0 Å². The summed E-state index contributed by atoms with van der Waals surface area (Å²) in [5, 5.41) is 9.61. The zero-order chi connectivity index (χ0) is 15.4. The van der Waals surface area contributed by atoms with Crippen LogP contribution in [0.1, 0.15) is 12.5 Å². The summed E-state index contributed by atoms with van der Waals surface area (Å²) in [5.74, 6) is -0.0648. The second-order valence-electron chi connectivity index (χ2n) is 5.17. The van der Waals surface area contributed by atoms with Crippen LogP contribution in [0.2, 0.25) is 0 Å². The number of hydrazone groups is 1. The number of carbonyl (C=O) groups excluding carboxylic acids is 2. The van der Waals surface area contributed by atoms with Gasteiger partial charge in [-0.15, -0.1) is 0 Å². The molecule has 0 fully saturated rings. The number of nitrogens with zero attached hydrogens (tertiary/aromatic N) is 2. The van der Waals surface area contributed by atoms with Gasteiger partial charge in [0, 0.05) is 11.3 Å². The summed E-state index contributed by atoms with van der Waals surface area (Å²) >= 11 is 0. The average molecular weight is 289 g/mol. The molecule has 0 radical (unpaired) electrons. The van der Waals surface area contributed by atoms with Crippen molar-refractivity contribution in [2.75, 3.05) is 26.0 Å². The Hall–Kier alpha value is -2.41. The maximum absolute atomic E-state index is 11.7. The van der Waals surface area contributed by atoms with Crippen molar-refractivity contribution in [2.45, 2.75) is 13.0 Å². The lowest BCUT2D eigenvalue weighted by Crippen LogP contribution is -2.48. The highest BCUT2D eigenvalue weighted by Gasteiger charge is 2.20. The van der Waals surface area contributed by atoms with E-state index in [1.54, 1.807) is 4.90 Å². The predicted molar refractivity (Wildman–Crippen MR) is 81.3 cm³/mol. The maximum atomic E-state index is 11.7. The van der Waals surface area contributed by atoms with E-state index in [1.165, 1.54) is 0 Å². The third-order valence-corrected chi connectivity index (χ3v) is 2.96. The fourth-order valence-electron chi connectivity index (χ4n) is 2.03. The molecule has 1 heterocycles. The molecule has 0 aliphatic carbocycles. The van der Waals surface area contributed by atoms with Crippen LogP contribution in [-0.4, -0.2) is 49.2 Å². The van der Waals surface area contributed by atoms with Crippen LogP contribution >= 0.6 is 0 Å².